The number of anilines is 1. The first-order valence-electron chi connectivity index (χ1n) is 8.96. The van der Waals surface area contributed by atoms with E-state index in [-0.39, 0.29) is 6.54 Å². The molecule has 0 saturated carbocycles. The molecule has 0 unspecified atom stereocenters. The summed E-state index contributed by atoms with van der Waals surface area (Å²) in [7, 11) is 4.47. The van der Waals surface area contributed by atoms with Crippen LogP contribution in [0.4, 0.5) is 5.69 Å². The summed E-state index contributed by atoms with van der Waals surface area (Å²) in [6.45, 7) is -0.324. The molecule has 0 saturated heterocycles. The molecule has 0 aliphatic heterocycles. The normalized spacial score (nSPS) is 10.4. The molecule has 1 aromatic heterocycles. The maximum atomic E-state index is 12.6. The molecule has 0 aliphatic carbocycles. The Kier molecular flexibility index (Phi) is 6.21. The second-order valence-electron chi connectivity index (χ2n) is 6.20. The van der Waals surface area contributed by atoms with Crippen molar-refractivity contribution in [2.75, 3.05) is 26.6 Å². The van der Waals surface area contributed by atoms with E-state index in [1.807, 2.05) is 0 Å². The molecule has 3 aromatic rings. The van der Waals surface area contributed by atoms with Crippen molar-refractivity contribution in [1.82, 2.24) is 9.13 Å². The Bertz CT molecular complexity index is 1180. The van der Waals surface area contributed by atoms with E-state index >= 15 is 0 Å². The maximum absolute atomic E-state index is 12.6. The Balaban J connectivity index is 1.82. The van der Waals surface area contributed by atoms with Gasteiger partial charge in [0.1, 0.15) is 12.3 Å². The van der Waals surface area contributed by atoms with Crippen LogP contribution in [0, 0.1) is 0 Å². The van der Waals surface area contributed by atoms with Crippen LogP contribution in [0.5, 0.6) is 17.2 Å². The Labute approximate surface area is 172 Å². The molecule has 0 aliphatic rings. The van der Waals surface area contributed by atoms with Crippen LogP contribution in [0.25, 0.3) is 5.69 Å². The van der Waals surface area contributed by atoms with Gasteiger partial charge >= 0.3 is 11.1 Å². The van der Waals surface area contributed by atoms with E-state index in [0.29, 0.717) is 28.6 Å². The van der Waals surface area contributed by atoms with Gasteiger partial charge in [-0.05, 0) is 24.3 Å². The standard InChI is InChI=1S/C21H21N3O6/c1-28-16-7-5-4-6-15(16)24-11-10-23(20(26)21(24)27)13-19(25)22-14-8-9-17(29-2)18(12-14)30-3/h4-12H,13H2,1-3H3,(H,22,25). The van der Waals surface area contributed by atoms with Crippen LogP contribution in [-0.4, -0.2) is 36.4 Å². The van der Waals surface area contributed by atoms with Crippen molar-refractivity contribution in [3.63, 3.8) is 0 Å². The van der Waals surface area contributed by atoms with Crippen LogP contribution in [0.1, 0.15) is 0 Å². The lowest BCUT2D eigenvalue weighted by molar-refractivity contribution is -0.116. The molecule has 0 fully saturated rings. The minimum absolute atomic E-state index is 0.324. The zero-order valence-corrected chi connectivity index (χ0v) is 16.7. The molecular formula is C21H21N3O6. The number of rotatable bonds is 7. The number of aromatic nitrogens is 2. The number of nitrogens with one attached hydrogen (secondary N) is 1. The molecule has 0 radical (unpaired) electrons. The van der Waals surface area contributed by atoms with Crippen molar-refractivity contribution < 1.29 is 19.0 Å². The minimum Gasteiger partial charge on any atom is -0.495 e. The van der Waals surface area contributed by atoms with Crippen molar-refractivity contribution in [3.8, 4) is 22.9 Å². The monoisotopic (exact) mass is 411 g/mol. The summed E-state index contributed by atoms with van der Waals surface area (Å²) in [5, 5.41) is 2.66. The van der Waals surface area contributed by atoms with Crippen LogP contribution in [-0.2, 0) is 11.3 Å². The summed E-state index contributed by atoms with van der Waals surface area (Å²) in [6, 6.07) is 11.7. The fourth-order valence-electron chi connectivity index (χ4n) is 2.92. The van der Waals surface area contributed by atoms with Gasteiger partial charge in [0.05, 0.1) is 27.0 Å². The molecule has 1 heterocycles. The Morgan fingerprint density at radius 3 is 2.27 bits per heavy atom. The Morgan fingerprint density at radius 2 is 1.57 bits per heavy atom. The summed E-state index contributed by atoms with van der Waals surface area (Å²) in [5.74, 6) is 0.945. The zero-order chi connectivity index (χ0) is 21.7. The van der Waals surface area contributed by atoms with Crippen molar-refractivity contribution in [2.24, 2.45) is 0 Å². The number of nitrogens with zero attached hydrogens (tertiary/aromatic N) is 2. The molecule has 2 aromatic carbocycles. The SMILES string of the molecule is COc1ccc(NC(=O)Cn2ccn(-c3ccccc3OC)c(=O)c2=O)cc1OC. The number of ether oxygens (including phenoxy) is 3. The average Bonchev–Trinajstić information content (AvgIpc) is 2.77. The smallest absolute Gasteiger partial charge is 0.321 e. The van der Waals surface area contributed by atoms with Gasteiger partial charge in [-0.15, -0.1) is 0 Å². The lowest BCUT2D eigenvalue weighted by Gasteiger charge is -2.13. The van der Waals surface area contributed by atoms with Crippen LogP contribution in [0.15, 0.2) is 64.4 Å². The average molecular weight is 411 g/mol. The van der Waals surface area contributed by atoms with Crippen LogP contribution < -0.4 is 30.6 Å². The van der Waals surface area contributed by atoms with Crippen LogP contribution in [0.2, 0.25) is 0 Å². The van der Waals surface area contributed by atoms with Crippen LogP contribution >= 0.6 is 0 Å². The van der Waals surface area contributed by atoms with Crippen molar-refractivity contribution in [3.05, 3.63) is 75.6 Å². The predicted molar refractivity (Wildman–Crippen MR) is 111 cm³/mol. The fraction of sp³-hybridized carbons (Fsp3) is 0.190. The van der Waals surface area contributed by atoms with E-state index in [4.69, 9.17) is 14.2 Å². The summed E-state index contributed by atoms with van der Waals surface area (Å²) in [5.41, 5.74) is -0.719. The molecule has 3 rings (SSSR count). The maximum Gasteiger partial charge on any atom is 0.321 e. The van der Waals surface area contributed by atoms with Gasteiger partial charge in [-0.3, -0.25) is 23.5 Å². The van der Waals surface area contributed by atoms with E-state index in [1.165, 1.54) is 38.3 Å². The third kappa shape index (κ3) is 4.19. The quantitative estimate of drug-likeness (QED) is 0.594. The molecule has 156 valence electrons. The summed E-state index contributed by atoms with van der Waals surface area (Å²) < 4.78 is 17.8. The van der Waals surface area contributed by atoms with Gasteiger partial charge in [0.2, 0.25) is 5.91 Å². The number of carbonyl (C=O) groups is 1. The predicted octanol–water partition coefficient (Wildman–Crippen LogP) is 1.66. The second kappa shape index (κ2) is 8.99. The number of hydrogen-bond donors (Lipinski definition) is 1. The first-order valence-corrected chi connectivity index (χ1v) is 8.96. The topological polar surface area (TPSA) is 101 Å². The van der Waals surface area contributed by atoms with Gasteiger partial charge in [-0.2, -0.15) is 0 Å². The van der Waals surface area contributed by atoms with Crippen molar-refractivity contribution >= 4 is 11.6 Å². The van der Waals surface area contributed by atoms with E-state index in [9.17, 15) is 14.4 Å². The van der Waals surface area contributed by atoms with Crippen molar-refractivity contribution in [1.29, 1.82) is 0 Å². The van der Waals surface area contributed by atoms with Gasteiger partial charge in [0.25, 0.3) is 0 Å². The van der Waals surface area contributed by atoms with E-state index in [2.05, 4.69) is 5.32 Å². The molecule has 0 atom stereocenters. The first-order chi connectivity index (χ1) is 14.5. The fourth-order valence-corrected chi connectivity index (χ4v) is 2.92. The third-order valence-corrected chi connectivity index (χ3v) is 4.38. The summed E-state index contributed by atoms with van der Waals surface area (Å²) in [6.07, 6.45) is 2.80. The molecule has 30 heavy (non-hydrogen) atoms. The molecule has 9 nitrogen and oxygen atoms in total. The Hall–Kier alpha value is -4.01. The molecular weight excluding hydrogens is 390 g/mol. The third-order valence-electron chi connectivity index (χ3n) is 4.38. The highest BCUT2D eigenvalue weighted by molar-refractivity contribution is 5.90. The van der Waals surface area contributed by atoms with Gasteiger partial charge in [0.15, 0.2) is 11.5 Å². The van der Waals surface area contributed by atoms with Crippen LogP contribution in [0.3, 0.4) is 0 Å². The lowest BCUT2D eigenvalue weighted by Crippen LogP contribution is -2.41. The summed E-state index contributed by atoms with van der Waals surface area (Å²) in [4.78, 5) is 37.5. The minimum atomic E-state index is -0.828. The summed E-state index contributed by atoms with van der Waals surface area (Å²) >= 11 is 0. The molecule has 0 spiro atoms. The highest BCUT2D eigenvalue weighted by Gasteiger charge is 2.13. The van der Waals surface area contributed by atoms with E-state index < -0.39 is 17.0 Å². The zero-order valence-electron chi connectivity index (χ0n) is 16.7. The highest BCUT2D eigenvalue weighted by Crippen LogP contribution is 2.29. The molecule has 1 N–H and O–H groups in total. The first kappa shape index (κ1) is 20.7. The van der Waals surface area contributed by atoms with E-state index in [0.717, 1.165) is 4.57 Å². The van der Waals surface area contributed by atoms with Gasteiger partial charge in [-0.1, -0.05) is 12.1 Å². The number of methoxy groups -OCH3 is 3. The van der Waals surface area contributed by atoms with Gasteiger partial charge in [0, 0.05) is 24.1 Å². The highest BCUT2D eigenvalue weighted by atomic mass is 16.5. The second-order valence-corrected chi connectivity index (χ2v) is 6.20. The number of amides is 1. The lowest BCUT2D eigenvalue weighted by atomic mass is 10.2. The molecule has 9 heteroatoms. The van der Waals surface area contributed by atoms with E-state index in [1.54, 1.807) is 42.5 Å². The number of benzene rings is 2. The molecule has 0 bridgehead atoms. The Morgan fingerprint density at radius 1 is 0.867 bits per heavy atom. The number of para-hydroxylation sites is 2. The number of hydrogen-bond acceptors (Lipinski definition) is 6. The largest absolute Gasteiger partial charge is 0.495 e. The van der Waals surface area contributed by atoms with Gasteiger partial charge in [-0.25, -0.2) is 0 Å². The number of carbonyl (C=O) groups excluding carboxylic acids is 1. The van der Waals surface area contributed by atoms with Gasteiger partial charge < -0.3 is 19.5 Å². The molecule has 1 amide bonds. The van der Waals surface area contributed by atoms with Crippen molar-refractivity contribution in [2.45, 2.75) is 6.54 Å².